The standard InChI is InChI=1S/C28H32O10/c1-15-6-9-21(13-22(15)12-20-7-10-23(33)11-8-20)25-27(36-18(4)31)28(37-19(5)32)26(35-17(3)30)24(38-25)14-34-16(2)29/h6-11,13,24-28,33H,12,14H2,1-5H3/t24-,25+,26-,27+,28+/m1/s1. The van der Waals surface area contributed by atoms with Gasteiger partial charge in [0.15, 0.2) is 18.3 Å². The minimum absolute atomic E-state index is 0.164. The number of hydrogen-bond acceptors (Lipinski definition) is 10. The van der Waals surface area contributed by atoms with Crippen LogP contribution < -0.4 is 0 Å². The van der Waals surface area contributed by atoms with E-state index in [0.717, 1.165) is 16.7 Å². The number of aryl methyl sites for hydroxylation is 1. The van der Waals surface area contributed by atoms with Gasteiger partial charge in [-0.25, -0.2) is 0 Å². The lowest BCUT2D eigenvalue weighted by atomic mass is 9.88. The molecule has 1 aliphatic heterocycles. The molecule has 2 aromatic carbocycles. The van der Waals surface area contributed by atoms with Gasteiger partial charge in [0.05, 0.1) is 0 Å². The molecule has 3 rings (SSSR count). The van der Waals surface area contributed by atoms with Gasteiger partial charge in [-0.1, -0.05) is 30.3 Å². The molecule has 0 amide bonds. The van der Waals surface area contributed by atoms with Crippen LogP contribution in [0.2, 0.25) is 0 Å². The average molecular weight is 529 g/mol. The summed E-state index contributed by atoms with van der Waals surface area (Å²) in [6, 6.07) is 12.4. The van der Waals surface area contributed by atoms with Gasteiger partial charge >= 0.3 is 23.9 Å². The Hall–Kier alpha value is -3.92. The molecule has 0 unspecified atom stereocenters. The van der Waals surface area contributed by atoms with Gasteiger partial charge in [0.25, 0.3) is 0 Å². The Bertz CT molecular complexity index is 1170. The Kier molecular flexibility index (Phi) is 9.46. The third-order valence-corrected chi connectivity index (χ3v) is 6.02. The summed E-state index contributed by atoms with van der Waals surface area (Å²) in [7, 11) is 0. The van der Waals surface area contributed by atoms with Gasteiger partial charge < -0.3 is 28.8 Å². The van der Waals surface area contributed by atoms with E-state index in [0.29, 0.717) is 12.0 Å². The van der Waals surface area contributed by atoms with Crippen molar-refractivity contribution in [1.29, 1.82) is 0 Å². The molecule has 5 atom stereocenters. The van der Waals surface area contributed by atoms with Crippen LogP contribution in [0.15, 0.2) is 42.5 Å². The average Bonchev–Trinajstić information content (AvgIpc) is 2.82. The largest absolute Gasteiger partial charge is 0.508 e. The summed E-state index contributed by atoms with van der Waals surface area (Å²) in [5.74, 6) is -2.44. The zero-order valence-corrected chi connectivity index (χ0v) is 22.0. The van der Waals surface area contributed by atoms with Crippen molar-refractivity contribution in [3.05, 3.63) is 64.7 Å². The molecule has 0 spiro atoms. The number of phenols is 1. The van der Waals surface area contributed by atoms with E-state index >= 15 is 0 Å². The summed E-state index contributed by atoms with van der Waals surface area (Å²) < 4.78 is 28.0. The molecule has 0 aromatic heterocycles. The lowest BCUT2D eigenvalue weighted by Crippen LogP contribution is -2.59. The van der Waals surface area contributed by atoms with E-state index in [-0.39, 0.29) is 12.4 Å². The third kappa shape index (κ3) is 7.55. The molecule has 1 heterocycles. The second-order valence-corrected chi connectivity index (χ2v) is 9.15. The third-order valence-electron chi connectivity index (χ3n) is 6.02. The minimum atomic E-state index is -1.23. The maximum atomic E-state index is 12.1. The lowest BCUT2D eigenvalue weighted by Gasteiger charge is -2.44. The van der Waals surface area contributed by atoms with Crippen LogP contribution in [0.3, 0.4) is 0 Å². The SMILES string of the molecule is CC(=O)OC[C@H]1O[C@@H](c2ccc(C)c(Cc3ccc(O)cc3)c2)[C@H](OC(C)=O)[C@@H](OC(C)=O)[C@@H]1OC(C)=O. The molecule has 0 aliphatic carbocycles. The summed E-state index contributed by atoms with van der Waals surface area (Å²) in [5, 5.41) is 9.60. The number of ether oxygens (including phenoxy) is 5. The van der Waals surface area contributed by atoms with E-state index in [1.807, 2.05) is 31.2 Å². The quantitative estimate of drug-likeness (QED) is 0.402. The second-order valence-electron chi connectivity index (χ2n) is 9.15. The molecular weight excluding hydrogens is 496 g/mol. The van der Waals surface area contributed by atoms with Gasteiger partial charge in [-0.2, -0.15) is 0 Å². The van der Waals surface area contributed by atoms with E-state index in [1.165, 1.54) is 27.7 Å². The maximum absolute atomic E-state index is 12.1. The van der Waals surface area contributed by atoms with Crippen molar-refractivity contribution in [1.82, 2.24) is 0 Å². The second kappa shape index (κ2) is 12.6. The van der Waals surface area contributed by atoms with Crippen LogP contribution in [0, 0.1) is 6.92 Å². The predicted octanol–water partition coefficient (Wildman–Crippen LogP) is 3.09. The van der Waals surface area contributed by atoms with E-state index in [4.69, 9.17) is 23.7 Å². The van der Waals surface area contributed by atoms with E-state index in [9.17, 15) is 24.3 Å². The van der Waals surface area contributed by atoms with Crippen molar-refractivity contribution in [2.75, 3.05) is 6.61 Å². The fourth-order valence-electron chi connectivity index (χ4n) is 4.39. The molecule has 1 aliphatic rings. The summed E-state index contributed by atoms with van der Waals surface area (Å²) in [6.07, 6.45) is -5.04. The number of carbonyl (C=O) groups is 4. The van der Waals surface area contributed by atoms with E-state index in [1.54, 1.807) is 18.2 Å². The smallest absolute Gasteiger partial charge is 0.303 e. The Balaban J connectivity index is 2.06. The Morgan fingerprint density at radius 2 is 1.37 bits per heavy atom. The van der Waals surface area contributed by atoms with Crippen molar-refractivity contribution in [3.63, 3.8) is 0 Å². The number of esters is 4. The van der Waals surface area contributed by atoms with Crippen molar-refractivity contribution in [3.8, 4) is 5.75 Å². The predicted molar refractivity (Wildman–Crippen MR) is 133 cm³/mol. The minimum Gasteiger partial charge on any atom is -0.508 e. The monoisotopic (exact) mass is 528 g/mol. The molecule has 2 aromatic rings. The summed E-state index contributed by atoms with van der Waals surface area (Å²) in [6.45, 7) is 6.45. The number of carbonyl (C=O) groups excluding carboxylic acids is 4. The first-order chi connectivity index (χ1) is 17.9. The Morgan fingerprint density at radius 1 is 0.789 bits per heavy atom. The zero-order chi connectivity index (χ0) is 28.0. The van der Waals surface area contributed by atoms with Crippen molar-refractivity contribution in [2.24, 2.45) is 0 Å². The first-order valence-electron chi connectivity index (χ1n) is 12.1. The Labute approximate surface area is 220 Å². The highest BCUT2D eigenvalue weighted by Gasteiger charge is 2.52. The van der Waals surface area contributed by atoms with E-state index in [2.05, 4.69) is 0 Å². The summed E-state index contributed by atoms with van der Waals surface area (Å²) in [5.41, 5.74) is 3.51. The highest BCUT2D eigenvalue weighted by molar-refractivity contribution is 5.69. The first kappa shape index (κ1) is 28.6. The molecule has 38 heavy (non-hydrogen) atoms. The van der Waals surface area contributed by atoms with Crippen molar-refractivity contribution < 1.29 is 48.0 Å². The summed E-state index contributed by atoms with van der Waals surface area (Å²) in [4.78, 5) is 47.7. The maximum Gasteiger partial charge on any atom is 0.303 e. The van der Waals surface area contributed by atoms with Gasteiger partial charge in [-0.15, -0.1) is 0 Å². The number of hydrogen-bond donors (Lipinski definition) is 1. The molecule has 0 saturated carbocycles. The van der Waals surface area contributed by atoms with Crippen LogP contribution in [0.1, 0.15) is 56.1 Å². The van der Waals surface area contributed by atoms with Crippen molar-refractivity contribution >= 4 is 23.9 Å². The molecule has 1 fully saturated rings. The van der Waals surface area contributed by atoms with Gasteiger partial charge in [-0.05, 0) is 47.7 Å². The molecular formula is C28H32O10. The van der Waals surface area contributed by atoms with Gasteiger partial charge in [0.1, 0.15) is 24.6 Å². The molecule has 0 radical (unpaired) electrons. The highest BCUT2D eigenvalue weighted by atomic mass is 16.7. The molecule has 10 heteroatoms. The topological polar surface area (TPSA) is 135 Å². The first-order valence-corrected chi connectivity index (χ1v) is 12.1. The van der Waals surface area contributed by atoms with Crippen LogP contribution >= 0.6 is 0 Å². The van der Waals surface area contributed by atoms with Crippen LogP contribution in [0.4, 0.5) is 0 Å². The molecule has 204 valence electrons. The fourth-order valence-corrected chi connectivity index (χ4v) is 4.39. The number of phenolic OH excluding ortho intramolecular Hbond substituents is 1. The molecule has 1 N–H and O–H groups in total. The van der Waals surface area contributed by atoms with Gasteiger partial charge in [-0.3, -0.25) is 19.2 Å². The van der Waals surface area contributed by atoms with Crippen LogP contribution in [-0.4, -0.2) is 60.0 Å². The molecule has 1 saturated heterocycles. The van der Waals surface area contributed by atoms with Crippen LogP contribution in [-0.2, 0) is 49.3 Å². The van der Waals surface area contributed by atoms with Gasteiger partial charge in [0.2, 0.25) is 0 Å². The fraction of sp³-hybridized carbons (Fsp3) is 0.429. The van der Waals surface area contributed by atoms with Crippen LogP contribution in [0.25, 0.3) is 0 Å². The van der Waals surface area contributed by atoms with Crippen LogP contribution in [0.5, 0.6) is 5.75 Å². The molecule has 0 bridgehead atoms. The Morgan fingerprint density at radius 3 is 1.95 bits per heavy atom. The number of aromatic hydroxyl groups is 1. The zero-order valence-electron chi connectivity index (χ0n) is 22.0. The number of rotatable bonds is 8. The van der Waals surface area contributed by atoms with E-state index < -0.39 is 54.4 Å². The van der Waals surface area contributed by atoms with Crippen molar-refractivity contribution in [2.45, 2.75) is 71.6 Å². The van der Waals surface area contributed by atoms with Gasteiger partial charge in [0, 0.05) is 27.7 Å². The molecule has 10 nitrogen and oxygen atoms in total. The lowest BCUT2D eigenvalue weighted by molar-refractivity contribution is -0.254. The summed E-state index contributed by atoms with van der Waals surface area (Å²) >= 11 is 0. The highest BCUT2D eigenvalue weighted by Crippen LogP contribution is 2.38. The number of benzene rings is 2. The normalized spacial score (nSPS) is 22.7.